The highest BCUT2D eigenvalue weighted by Gasteiger charge is 2.25. The average Bonchev–Trinajstić information content (AvgIpc) is 2.87. The van der Waals surface area contributed by atoms with Crippen LogP contribution in [0.25, 0.3) is 11.5 Å². The first-order valence-corrected chi connectivity index (χ1v) is 7.26. The molecule has 0 unspecified atom stereocenters. The molecule has 0 bridgehead atoms. The smallest absolute Gasteiger partial charge is 0.376 e. The van der Waals surface area contributed by atoms with Crippen LogP contribution in [0.1, 0.15) is 48.5 Å². The molecule has 0 amide bonds. The zero-order chi connectivity index (χ0) is 15.6. The van der Waals surface area contributed by atoms with Gasteiger partial charge in [-0.15, -0.1) is 0 Å². The summed E-state index contributed by atoms with van der Waals surface area (Å²) in [5.74, 6) is 0.0455. The van der Waals surface area contributed by atoms with E-state index in [0.717, 1.165) is 5.56 Å². The number of ether oxygens (including phenoxy) is 1. The second-order valence-corrected chi connectivity index (χ2v) is 5.42. The molecule has 0 aliphatic heterocycles. The topological polar surface area (TPSA) is 52.3 Å². The van der Waals surface area contributed by atoms with E-state index in [0.29, 0.717) is 22.2 Å². The third-order valence-electron chi connectivity index (χ3n) is 3.08. The summed E-state index contributed by atoms with van der Waals surface area (Å²) >= 11 is 6.29. The first kappa shape index (κ1) is 15.6. The molecule has 0 aliphatic carbocycles. The summed E-state index contributed by atoms with van der Waals surface area (Å²) in [6.07, 6.45) is 0. The van der Waals surface area contributed by atoms with Crippen molar-refractivity contribution >= 4 is 17.6 Å². The van der Waals surface area contributed by atoms with Gasteiger partial charge in [-0.1, -0.05) is 37.6 Å². The maximum absolute atomic E-state index is 12.0. The van der Waals surface area contributed by atoms with E-state index in [1.54, 1.807) is 6.92 Å². The average molecular weight is 308 g/mol. The minimum Gasteiger partial charge on any atom is -0.460 e. The molecule has 0 saturated heterocycles. The Hall–Kier alpha value is -1.81. The van der Waals surface area contributed by atoms with Gasteiger partial charge >= 0.3 is 5.97 Å². The first-order valence-electron chi connectivity index (χ1n) is 6.89. The molecule has 0 radical (unpaired) electrons. The van der Waals surface area contributed by atoms with Crippen LogP contribution in [0.5, 0.6) is 0 Å². The van der Waals surface area contributed by atoms with Gasteiger partial charge in [-0.2, -0.15) is 0 Å². The SMILES string of the molecule is CCOC(=O)c1oc(-c2cccc(C)c2Cl)nc1C(C)C. The highest BCUT2D eigenvalue weighted by molar-refractivity contribution is 6.33. The molecule has 1 aromatic carbocycles. The molecule has 0 saturated carbocycles. The van der Waals surface area contributed by atoms with Crippen molar-refractivity contribution < 1.29 is 13.9 Å². The Kier molecular flexibility index (Phi) is 4.68. The Morgan fingerprint density at radius 1 is 1.43 bits per heavy atom. The molecule has 0 fully saturated rings. The lowest BCUT2D eigenvalue weighted by atomic mass is 10.1. The van der Waals surface area contributed by atoms with Crippen molar-refractivity contribution in [3.05, 3.63) is 40.2 Å². The van der Waals surface area contributed by atoms with Crippen LogP contribution in [-0.4, -0.2) is 17.6 Å². The van der Waals surface area contributed by atoms with Crippen LogP contribution < -0.4 is 0 Å². The molecule has 0 N–H and O–H groups in total. The van der Waals surface area contributed by atoms with Crippen LogP contribution in [0.2, 0.25) is 5.02 Å². The van der Waals surface area contributed by atoms with Crippen LogP contribution in [0.3, 0.4) is 0 Å². The highest BCUT2D eigenvalue weighted by Crippen LogP contribution is 2.33. The molecular weight excluding hydrogens is 290 g/mol. The molecule has 2 aromatic rings. The standard InChI is InChI=1S/C16H18ClNO3/c1-5-20-16(19)14-13(9(2)3)18-15(21-14)11-8-6-7-10(4)12(11)17/h6-9H,5H2,1-4H3. The summed E-state index contributed by atoms with van der Waals surface area (Å²) in [7, 11) is 0. The molecule has 0 spiro atoms. The molecule has 5 heteroatoms. The van der Waals surface area contributed by atoms with Gasteiger partial charge in [0, 0.05) is 0 Å². The monoisotopic (exact) mass is 307 g/mol. The predicted molar refractivity (Wildman–Crippen MR) is 81.7 cm³/mol. The summed E-state index contributed by atoms with van der Waals surface area (Å²) in [4.78, 5) is 16.4. The Morgan fingerprint density at radius 2 is 2.14 bits per heavy atom. The normalized spacial score (nSPS) is 11.0. The minimum absolute atomic E-state index is 0.0468. The number of hydrogen-bond acceptors (Lipinski definition) is 4. The Labute approximate surface area is 129 Å². The third kappa shape index (κ3) is 3.10. The van der Waals surface area contributed by atoms with Crippen LogP contribution in [0, 0.1) is 6.92 Å². The summed E-state index contributed by atoms with van der Waals surface area (Å²) < 4.78 is 10.7. The molecule has 1 aromatic heterocycles. The number of aromatic nitrogens is 1. The zero-order valence-electron chi connectivity index (χ0n) is 12.6. The second-order valence-electron chi connectivity index (χ2n) is 5.05. The van der Waals surface area contributed by atoms with E-state index in [1.165, 1.54) is 0 Å². The van der Waals surface area contributed by atoms with Crippen LogP contribution in [-0.2, 0) is 4.74 Å². The van der Waals surface area contributed by atoms with Gasteiger partial charge in [-0.25, -0.2) is 9.78 Å². The number of nitrogens with zero attached hydrogens (tertiary/aromatic N) is 1. The van der Waals surface area contributed by atoms with E-state index in [1.807, 2.05) is 39.0 Å². The maximum atomic E-state index is 12.0. The number of carbonyl (C=O) groups excluding carboxylic acids is 1. The maximum Gasteiger partial charge on any atom is 0.376 e. The third-order valence-corrected chi connectivity index (χ3v) is 3.58. The van der Waals surface area contributed by atoms with E-state index in [2.05, 4.69) is 4.98 Å². The van der Waals surface area contributed by atoms with Crippen molar-refractivity contribution in [3.8, 4) is 11.5 Å². The molecular formula is C16H18ClNO3. The van der Waals surface area contributed by atoms with Gasteiger partial charge in [0.1, 0.15) is 0 Å². The van der Waals surface area contributed by atoms with Crippen molar-refractivity contribution in [1.29, 1.82) is 0 Å². The number of hydrogen-bond donors (Lipinski definition) is 0. The lowest BCUT2D eigenvalue weighted by Crippen LogP contribution is -2.07. The van der Waals surface area contributed by atoms with Crippen LogP contribution >= 0.6 is 11.6 Å². The Balaban J connectivity index is 2.54. The molecule has 21 heavy (non-hydrogen) atoms. The highest BCUT2D eigenvalue weighted by atomic mass is 35.5. The van der Waals surface area contributed by atoms with E-state index >= 15 is 0 Å². The Morgan fingerprint density at radius 3 is 2.76 bits per heavy atom. The van der Waals surface area contributed by atoms with Gasteiger partial charge in [-0.3, -0.25) is 0 Å². The van der Waals surface area contributed by atoms with Gasteiger partial charge in [-0.05, 0) is 31.4 Å². The summed E-state index contributed by atoms with van der Waals surface area (Å²) in [6, 6.07) is 5.60. The number of oxazole rings is 1. The molecule has 1 heterocycles. The lowest BCUT2D eigenvalue weighted by Gasteiger charge is -2.02. The first-order chi connectivity index (χ1) is 9.95. The van der Waals surface area contributed by atoms with E-state index in [9.17, 15) is 4.79 Å². The Bertz CT molecular complexity index is 662. The fourth-order valence-electron chi connectivity index (χ4n) is 1.99. The van der Waals surface area contributed by atoms with Crippen LogP contribution in [0.4, 0.5) is 0 Å². The van der Waals surface area contributed by atoms with Gasteiger partial charge in [0.15, 0.2) is 0 Å². The number of carbonyl (C=O) groups is 1. The van der Waals surface area contributed by atoms with Gasteiger partial charge in [0.05, 0.1) is 22.9 Å². The van der Waals surface area contributed by atoms with E-state index < -0.39 is 5.97 Å². The number of rotatable bonds is 4. The van der Waals surface area contributed by atoms with Crippen molar-refractivity contribution in [3.63, 3.8) is 0 Å². The second kappa shape index (κ2) is 6.31. The summed E-state index contributed by atoms with van der Waals surface area (Å²) in [5.41, 5.74) is 2.19. The molecule has 0 atom stereocenters. The number of halogens is 1. The zero-order valence-corrected chi connectivity index (χ0v) is 13.3. The van der Waals surface area contributed by atoms with E-state index in [4.69, 9.17) is 20.8 Å². The van der Waals surface area contributed by atoms with Gasteiger partial charge in [0.25, 0.3) is 0 Å². The number of benzene rings is 1. The quantitative estimate of drug-likeness (QED) is 0.774. The minimum atomic E-state index is -0.497. The van der Waals surface area contributed by atoms with Gasteiger partial charge in [0.2, 0.25) is 11.7 Å². The van der Waals surface area contributed by atoms with Crippen molar-refractivity contribution in [1.82, 2.24) is 4.98 Å². The fourth-order valence-corrected chi connectivity index (χ4v) is 2.20. The van der Waals surface area contributed by atoms with Crippen molar-refractivity contribution in [2.45, 2.75) is 33.6 Å². The number of aryl methyl sites for hydroxylation is 1. The predicted octanol–water partition coefficient (Wildman–Crippen LogP) is 4.60. The molecule has 112 valence electrons. The lowest BCUT2D eigenvalue weighted by molar-refractivity contribution is 0.0488. The van der Waals surface area contributed by atoms with Crippen molar-refractivity contribution in [2.24, 2.45) is 0 Å². The van der Waals surface area contributed by atoms with Gasteiger partial charge < -0.3 is 9.15 Å². The van der Waals surface area contributed by atoms with Crippen molar-refractivity contribution in [2.75, 3.05) is 6.61 Å². The largest absolute Gasteiger partial charge is 0.460 e. The number of esters is 1. The summed E-state index contributed by atoms with van der Waals surface area (Å²) in [5, 5.41) is 0.574. The van der Waals surface area contributed by atoms with Crippen LogP contribution in [0.15, 0.2) is 22.6 Å². The van der Waals surface area contributed by atoms with E-state index in [-0.39, 0.29) is 18.3 Å². The summed E-state index contributed by atoms with van der Waals surface area (Å²) in [6.45, 7) is 7.84. The molecule has 0 aliphatic rings. The molecule has 4 nitrogen and oxygen atoms in total. The fraction of sp³-hybridized carbons (Fsp3) is 0.375. The molecule has 2 rings (SSSR count).